The summed E-state index contributed by atoms with van der Waals surface area (Å²) < 4.78 is 7.33. The number of thiol groups is 1. The molecule has 1 atom stereocenters. The van der Waals surface area contributed by atoms with Crippen LogP contribution in [0.4, 0.5) is 21.0 Å². The van der Waals surface area contributed by atoms with Crippen molar-refractivity contribution in [2.24, 2.45) is 5.73 Å². The largest absolute Gasteiger partial charge is 0.470 e. The van der Waals surface area contributed by atoms with E-state index in [0.29, 0.717) is 30.9 Å². The predicted octanol–water partition coefficient (Wildman–Crippen LogP) is 5.84. The van der Waals surface area contributed by atoms with E-state index in [1.165, 1.54) is 11.1 Å². The Morgan fingerprint density at radius 2 is 1.75 bits per heavy atom. The number of rotatable bonds is 10. The Kier molecular flexibility index (Phi) is 8.38. The van der Waals surface area contributed by atoms with E-state index in [0.717, 1.165) is 29.3 Å². The minimum atomic E-state index is -0.682. The van der Waals surface area contributed by atoms with Crippen LogP contribution in [0.15, 0.2) is 78.9 Å². The Labute approximate surface area is 218 Å². The Hall–Kier alpha value is -3.65. The summed E-state index contributed by atoms with van der Waals surface area (Å²) in [5.41, 5.74) is 9.17. The van der Waals surface area contributed by atoms with E-state index in [1.807, 2.05) is 30.3 Å². The molecule has 0 radical (unpaired) electrons. The van der Waals surface area contributed by atoms with Crippen LogP contribution >= 0.6 is 12.8 Å². The van der Waals surface area contributed by atoms with Crippen LogP contribution in [-0.4, -0.2) is 36.3 Å². The van der Waals surface area contributed by atoms with Crippen molar-refractivity contribution in [3.8, 4) is 5.75 Å². The molecule has 36 heavy (non-hydrogen) atoms. The van der Waals surface area contributed by atoms with E-state index in [2.05, 4.69) is 44.0 Å². The first-order valence-electron chi connectivity index (χ1n) is 12.2. The van der Waals surface area contributed by atoms with Gasteiger partial charge in [-0.15, -0.1) is 0 Å². The Bertz CT molecular complexity index is 1170. The SMILES string of the molecule is CCCCC(Oc1cccc(N(S)C(N)=O)c1)N1CCN(c2ccc(Cc3ccccc3)cc2)C1=O. The van der Waals surface area contributed by atoms with Gasteiger partial charge < -0.3 is 10.5 Å². The van der Waals surface area contributed by atoms with Crippen LogP contribution in [0.5, 0.6) is 5.75 Å². The van der Waals surface area contributed by atoms with Crippen molar-refractivity contribution in [3.63, 3.8) is 0 Å². The average Bonchev–Trinajstić information content (AvgIpc) is 3.28. The minimum Gasteiger partial charge on any atom is -0.470 e. The molecule has 1 unspecified atom stereocenters. The van der Waals surface area contributed by atoms with Gasteiger partial charge in [-0.2, -0.15) is 0 Å². The predicted molar refractivity (Wildman–Crippen MR) is 147 cm³/mol. The van der Waals surface area contributed by atoms with Gasteiger partial charge in [0.15, 0.2) is 6.23 Å². The van der Waals surface area contributed by atoms with Gasteiger partial charge in [-0.3, -0.25) is 9.80 Å². The summed E-state index contributed by atoms with van der Waals surface area (Å²) >= 11 is 4.13. The lowest BCUT2D eigenvalue weighted by Crippen LogP contribution is -2.42. The number of hydrogen-bond acceptors (Lipinski definition) is 4. The van der Waals surface area contributed by atoms with Gasteiger partial charge in [-0.25, -0.2) is 13.9 Å². The number of anilines is 2. The summed E-state index contributed by atoms with van der Waals surface area (Å²) in [7, 11) is 0. The molecule has 1 aliphatic heterocycles. The van der Waals surface area contributed by atoms with Gasteiger partial charge in [-0.1, -0.05) is 74.7 Å². The van der Waals surface area contributed by atoms with Gasteiger partial charge in [0.1, 0.15) is 5.75 Å². The molecule has 1 heterocycles. The number of urea groups is 2. The van der Waals surface area contributed by atoms with E-state index in [1.54, 1.807) is 34.1 Å². The molecule has 0 aromatic heterocycles. The second kappa shape index (κ2) is 11.9. The highest BCUT2D eigenvalue weighted by Gasteiger charge is 2.35. The molecule has 3 aromatic rings. The summed E-state index contributed by atoms with van der Waals surface area (Å²) in [6.07, 6.45) is 3.05. The molecular formula is C28H32N4O3S. The van der Waals surface area contributed by atoms with Crippen LogP contribution in [-0.2, 0) is 6.42 Å². The molecule has 188 valence electrons. The topological polar surface area (TPSA) is 79.1 Å². The summed E-state index contributed by atoms with van der Waals surface area (Å²) in [5, 5.41) is 0. The molecule has 1 aliphatic rings. The summed E-state index contributed by atoms with van der Waals surface area (Å²) in [6.45, 7) is 3.27. The zero-order valence-corrected chi connectivity index (χ0v) is 21.3. The molecule has 0 saturated carbocycles. The Balaban J connectivity index is 1.46. The Morgan fingerprint density at radius 3 is 2.44 bits per heavy atom. The van der Waals surface area contributed by atoms with Crippen molar-refractivity contribution in [3.05, 3.63) is 90.0 Å². The number of benzene rings is 3. The number of hydrogen-bond donors (Lipinski definition) is 2. The maximum absolute atomic E-state index is 13.4. The average molecular weight is 505 g/mol. The van der Waals surface area contributed by atoms with Crippen LogP contribution in [0.2, 0.25) is 0 Å². The number of ether oxygens (including phenoxy) is 1. The van der Waals surface area contributed by atoms with Gasteiger partial charge in [-0.05, 0) is 48.2 Å². The van der Waals surface area contributed by atoms with Crippen LogP contribution in [0.25, 0.3) is 0 Å². The van der Waals surface area contributed by atoms with Gasteiger partial charge in [0.05, 0.1) is 5.69 Å². The van der Waals surface area contributed by atoms with E-state index in [-0.39, 0.29) is 6.03 Å². The van der Waals surface area contributed by atoms with E-state index in [4.69, 9.17) is 10.5 Å². The normalized spacial score (nSPS) is 14.1. The van der Waals surface area contributed by atoms with Crippen molar-refractivity contribution in [1.82, 2.24) is 4.90 Å². The zero-order valence-electron chi connectivity index (χ0n) is 20.4. The number of unbranched alkanes of at least 4 members (excludes halogenated alkanes) is 1. The molecular weight excluding hydrogens is 472 g/mol. The van der Waals surface area contributed by atoms with Crippen molar-refractivity contribution in [2.75, 3.05) is 22.3 Å². The fourth-order valence-electron chi connectivity index (χ4n) is 4.32. The van der Waals surface area contributed by atoms with Gasteiger partial charge in [0.2, 0.25) is 0 Å². The van der Waals surface area contributed by atoms with Crippen molar-refractivity contribution < 1.29 is 14.3 Å². The molecule has 3 aromatic carbocycles. The van der Waals surface area contributed by atoms with E-state index < -0.39 is 12.3 Å². The summed E-state index contributed by atoms with van der Waals surface area (Å²) in [5.74, 6) is 0.547. The molecule has 0 bridgehead atoms. The molecule has 4 amide bonds. The quantitative estimate of drug-likeness (QED) is 0.340. The fourth-order valence-corrected chi connectivity index (χ4v) is 4.44. The highest BCUT2D eigenvalue weighted by atomic mass is 32.1. The molecule has 1 saturated heterocycles. The summed E-state index contributed by atoms with van der Waals surface area (Å²) in [6, 6.07) is 24.7. The number of nitrogens with two attached hydrogens (primary N) is 1. The van der Waals surface area contributed by atoms with Gasteiger partial charge >= 0.3 is 12.1 Å². The highest BCUT2D eigenvalue weighted by Crippen LogP contribution is 2.28. The fraction of sp³-hybridized carbons (Fsp3) is 0.286. The number of primary amides is 1. The first-order valence-corrected chi connectivity index (χ1v) is 12.6. The monoisotopic (exact) mass is 504 g/mol. The summed E-state index contributed by atoms with van der Waals surface area (Å²) in [4.78, 5) is 28.5. The number of amides is 4. The number of nitrogens with zero attached hydrogens (tertiary/aromatic N) is 3. The third-order valence-corrected chi connectivity index (χ3v) is 6.66. The van der Waals surface area contributed by atoms with Crippen molar-refractivity contribution in [2.45, 2.75) is 38.8 Å². The lowest BCUT2D eigenvalue weighted by atomic mass is 10.0. The van der Waals surface area contributed by atoms with Crippen LogP contribution in [0.3, 0.4) is 0 Å². The highest BCUT2D eigenvalue weighted by molar-refractivity contribution is 7.82. The lowest BCUT2D eigenvalue weighted by Gasteiger charge is -2.29. The first kappa shape index (κ1) is 25.4. The zero-order chi connectivity index (χ0) is 25.5. The van der Waals surface area contributed by atoms with Crippen molar-refractivity contribution >= 4 is 36.3 Å². The van der Waals surface area contributed by atoms with Crippen molar-refractivity contribution in [1.29, 1.82) is 0 Å². The Morgan fingerprint density at radius 1 is 1.03 bits per heavy atom. The van der Waals surface area contributed by atoms with E-state index in [9.17, 15) is 9.59 Å². The first-order chi connectivity index (χ1) is 17.5. The second-order valence-corrected chi connectivity index (χ2v) is 9.22. The smallest absolute Gasteiger partial charge is 0.329 e. The van der Waals surface area contributed by atoms with Gasteiger partial charge in [0.25, 0.3) is 0 Å². The number of carbonyl (C=O) groups excluding carboxylic acids is 2. The second-order valence-electron chi connectivity index (χ2n) is 8.82. The molecule has 0 aliphatic carbocycles. The van der Waals surface area contributed by atoms with Crippen LogP contribution < -0.4 is 19.7 Å². The molecule has 2 N–H and O–H groups in total. The molecule has 8 heteroatoms. The third-order valence-electron chi connectivity index (χ3n) is 6.24. The number of carbonyl (C=O) groups is 2. The lowest BCUT2D eigenvalue weighted by molar-refractivity contribution is 0.0579. The molecule has 4 rings (SSSR count). The molecule has 1 fully saturated rings. The minimum absolute atomic E-state index is 0.0731. The molecule has 0 spiro atoms. The van der Waals surface area contributed by atoms with Gasteiger partial charge in [0, 0.05) is 31.3 Å². The maximum Gasteiger partial charge on any atom is 0.329 e. The maximum atomic E-state index is 13.4. The van der Waals surface area contributed by atoms with E-state index >= 15 is 0 Å². The molecule has 7 nitrogen and oxygen atoms in total. The van der Waals surface area contributed by atoms with Crippen LogP contribution in [0.1, 0.15) is 37.3 Å². The standard InChI is InChI=1S/C28H32N4O3S/c1-2-3-12-26(35-25-11-7-10-24(20-25)32(36)27(29)33)31-18-17-30(28(31)34)23-15-13-22(14-16-23)19-21-8-5-4-6-9-21/h4-11,13-16,20,26,36H,2-3,12,17-19H2,1H3,(H2,29,33). The van der Waals surface area contributed by atoms with Crippen LogP contribution in [0, 0.1) is 0 Å². The third kappa shape index (κ3) is 6.12.